The maximum absolute atomic E-state index is 13.4. The van der Waals surface area contributed by atoms with Crippen molar-refractivity contribution in [2.75, 3.05) is 19.6 Å². The highest BCUT2D eigenvalue weighted by molar-refractivity contribution is 7.89. The monoisotopic (exact) mass is 596 g/mol. The minimum absolute atomic E-state index is 0.0574. The van der Waals surface area contributed by atoms with Crippen molar-refractivity contribution in [1.29, 1.82) is 0 Å². The first kappa shape index (κ1) is 32.7. The second-order valence-corrected chi connectivity index (χ2v) is 12.0. The molecule has 3 rings (SSSR count). The molecule has 11 heteroatoms. The van der Waals surface area contributed by atoms with E-state index in [9.17, 15) is 23.1 Å². The lowest BCUT2D eigenvalue weighted by Gasteiger charge is -2.31. The number of carbonyl (C=O) groups excluding carboxylic acids is 2. The van der Waals surface area contributed by atoms with Gasteiger partial charge >= 0.3 is 6.09 Å². The molecule has 226 valence electrons. The Hall–Kier alpha value is -3.77. The summed E-state index contributed by atoms with van der Waals surface area (Å²) in [5.74, 6) is -0.617. The van der Waals surface area contributed by atoms with Gasteiger partial charge in [0.1, 0.15) is 6.61 Å². The fraction of sp³-hybridized carbons (Fsp3) is 0.355. The van der Waals surface area contributed by atoms with Gasteiger partial charge in [-0.15, -0.1) is 0 Å². The van der Waals surface area contributed by atoms with E-state index in [4.69, 9.17) is 10.5 Å². The first-order valence-corrected chi connectivity index (χ1v) is 15.4. The number of rotatable bonds is 17. The number of carbonyl (C=O) groups is 2. The third kappa shape index (κ3) is 10.6. The molecule has 10 nitrogen and oxygen atoms in total. The molecule has 2 amide bonds. The molecule has 0 saturated heterocycles. The Morgan fingerprint density at radius 3 is 2.07 bits per heavy atom. The van der Waals surface area contributed by atoms with Gasteiger partial charge in [0.25, 0.3) is 0 Å². The second kappa shape index (κ2) is 16.6. The number of nitrogens with one attached hydrogen (secondary N) is 2. The van der Waals surface area contributed by atoms with E-state index in [1.807, 2.05) is 67.6 Å². The van der Waals surface area contributed by atoms with Crippen LogP contribution in [0.3, 0.4) is 0 Å². The third-order valence-corrected chi connectivity index (χ3v) is 8.50. The molecule has 0 aliphatic rings. The summed E-state index contributed by atoms with van der Waals surface area (Å²) in [6.45, 7) is 2.09. The zero-order valence-corrected chi connectivity index (χ0v) is 24.6. The van der Waals surface area contributed by atoms with Gasteiger partial charge < -0.3 is 26.2 Å². The molecule has 0 fully saturated rings. The van der Waals surface area contributed by atoms with E-state index in [1.165, 1.54) is 16.4 Å². The lowest BCUT2D eigenvalue weighted by Crippen LogP contribution is -2.53. The van der Waals surface area contributed by atoms with Crippen LogP contribution in [0, 0.1) is 0 Å². The third-order valence-electron chi connectivity index (χ3n) is 6.62. The average molecular weight is 597 g/mol. The Bertz CT molecular complexity index is 1340. The van der Waals surface area contributed by atoms with Crippen LogP contribution < -0.4 is 16.4 Å². The van der Waals surface area contributed by atoms with E-state index in [1.54, 1.807) is 18.2 Å². The van der Waals surface area contributed by atoms with Crippen molar-refractivity contribution in [2.45, 2.75) is 55.9 Å². The number of aliphatic hydroxyl groups is 1. The number of hydrogen-bond donors (Lipinski definition) is 4. The van der Waals surface area contributed by atoms with Crippen LogP contribution in [0.15, 0.2) is 95.9 Å². The summed E-state index contributed by atoms with van der Waals surface area (Å²) in [5.41, 5.74) is 7.18. The van der Waals surface area contributed by atoms with Gasteiger partial charge in [0.2, 0.25) is 15.9 Å². The largest absolute Gasteiger partial charge is 0.445 e. The number of nitrogens with zero attached hydrogens (tertiary/aromatic N) is 1. The van der Waals surface area contributed by atoms with E-state index < -0.39 is 40.2 Å². The molecule has 0 heterocycles. The second-order valence-electron chi connectivity index (χ2n) is 10.0. The van der Waals surface area contributed by atoms with Gasteiger partial charge in [-0.1, -0.05) is 85.8 Å². The van der Waals surface area contributed by atoms with E-state index in [0.29, 0.717) is 12.8 Å². The highest BCUT2D eigenvalue weighted by Crippen LogP contribution is 2.18. The normalized spacial score (nSPS) is 13.7. The Morgan fingerprint density at radius 1 is 0.929 bits per heavy atom. The molecule has 0 bridgehead atoms. The van der Waals surface area contributed by atoms with Gasteiger partial charge in [0, 0.05) is 32.1 Å². The average Bonchev–Trinajstić information content (AvgIpc) is 2.99. The molecular formula is C31H40N4O6S. The molecule has 0 aliphatic carbocycles. The van der Waals surface area contributed by atoms with Crippen LogP contribution in [0.4, 0.5) is 4.79 Å². The van der Waals surface area contributed by atoms with E-state index in [2.05, 4.69) is 10.6 Å². The number of alkyl carbamates (subject to hydrolysis) is 1. The maximum Gasteiger partial charge on any atom is 0.407 e. The van der Waals surface area contributed by atoms with Crippen molar-refractivity contribution in [1.82, 2.24) is 14.9 Å². The predicted octanol–water partition coefficient (Wildman–Crippen LogP) is 2.82. The number of nitrogens with two attached hydrogens (primary N) is 1. The maximum atomic E-state index is 13.4. The fourth-order valence-corrected chi connectivity index (χ4v) is 6.06. The zero-order chi connectivity index (χ0) is 30.4. The minimum atomic E-state index is -3.85. The van der Waals surface area contributed by atoms with Crippen LogP contribution in [0.2, 0.25) is 0 Å². The van der Waals surface area contributed by atoms with Crippen LogP contribution in [-0.4, -0.2) is 67.7 Å². The standard InChI is InChI=1S/C31H40N4O6S/c1-2-18-35(42(39,40)27-16-10-5-11-17-27)22-29(36)28(19-24-12-6-3-7-13-24)33-21-26(20-30(32)37)34-31(38)41-23-25-14-8-4-9-15-25/h3-17,26,28-29,33,36H,2,18-23H2,1H3,(H2,32,37)(H,34,38)/t26-,28-,29+/m0/s1. The lowest BCUT2D eigenvalue weighted by atomic mass is 10.0. The summed E-state index contributed by atoms with van der Waals surface area (Å²) in [5, 5.41) is 17.3. The van der Waals surface area contributed by atoms with Crippen molar-refractivity contribution < 1.29 is 27.9 Å². The highest BCUT2D eigenvalue weighted by atomic mass is 32.2. The predicted molar refractivity (Wildman–Crippen MR) is 161 cm³/mol. The fourth-order valence-electron chi connectivity index (χ4n) is 4.49. The molecule has 0 aromatic heterocycles. The molecule has 3 atom stereocenters. The number of ether oxygens (including phenoxy) is 1. The van der Waals surface area contributed by atoms with Gasteiger partial charge in [-0.3, -0.25) is 4.79 Å². The summed E-state index contributed by atoms with van der Waals surface area (Å²) >= 11 is 0. The highest BCUT2D eigenvalue weighted by Gasteiger charge is 2.30. The van der Waals surface area contributed by atoms with E-state index in [-0.39, 0.29) is 37.6 Å². The molecule has 42 heavy (non-hydrogen) atoms. The zero-order valence-electron chi connectivity index (χ0n) is 23.8. The van der Waals surface area contributed by atoms with Crippen LogP contribution in [0.5, 0.6) is 0 Å². The van der Waals surface area contributed by atoms with Crippen molar-refractivity contribution >= 4 is 22.0 Å². The molecule has 0 spiro atoms. The smallest absolute Gasteiger partial charge is 0.407 e. The summed E-state index contributed by atoms with van der Waals surface area (Å²) in [7, 11) is -3.85. The number of amides is 2. The Morgan fingerprint density at radius 2 is 1.50 bits per heavy atom. The molecule has 0 radical (unpaired) electrons. The van der Waals surface area contributed by atoms with Crippen LogP contribution >= 0.6 is 0 Å². The number of sulfonamides is 1. The van der Waals surface area contributed by atoms with E-state index in [0.717, 1.165) is 11.1 Å². The van der Waals surface area contributed by atoms with Crippen molar-refractivity contribution in [3.8, 4) is 0 Å². The van der Waals surface area contributed by atoms with Crippen molar-refractivity contribution in [2.24, 2.45) is 5.73 Å². The van der Waals surface area contributed by atoms with Gasteiger partial charge in [-0.05, 0) is 36.1 Å². The molecule has 3 aromatic carbocycles. The molecule has 5 N–H and O–H groups in total. The first-order chi connectivity index (χ1) is 20.2. The Labute approximate surface area is 247 Å². The first-order valence-electron chi connectivity index (χ1n) is 13.9. The van der Waals surface area contributed by atoms with Crippen LogP contribution in [-0.2, 0) is 32.6 Å². The Balaban J connectivity index is 1.73. The van der Waals surface area contributed by atoms with Gasteiger partial charge in [-0.2, -0.15) is 4.31 Å². The van der Waals surface area contributed by atoms with Crippen LogP contribution in [0.1, 0.15) is 30.9 Å². The Kier molecular flexibility index (Phi) is 13.0. The summed E-state index contributed by atoms with van der Waals surface area (Å²) in [6, 6.07) is 25.4. The van der Waals surface area contributed by atoms with Crippen LogP contribution in [0.25, 0.3) is 0 Å². The van der Waals surface area contributed by atoms with Gasteiger partial charge in [0.15, 0.2) is 0 Å². The van der Waals surface area contributed by atoms with Gasteiger partial charge in [0.05, 0.1) is 17.0 Å². The number of benzene rings is 3. The lowest BCUT2D eigenvalue weighted by molar-refractivity contribution is -0.118. The van der Waals surface area contributed by atoms with Crippen molar-refractivity contribution in [3.63, 3.8) is 0 Å². The quantitative estimate of drug-likeness (QED) is 0.187. The molecular weight excluding hydrogens is 556 g/mol. The number of aliphatic hydroxyl groups excluding tert-OH is 1. The van der Waals surface area contributed by atoms with E-state index >= 15 is 0 Å². The number of primary amides is 1. The van der Waals surface area contributed by atoms with Gasteiger partial charge in [-0.25, -0.2) is 13.2 Å². The molecule has 0 unspecified atom stereocenters. The molecule has 0 aliphatic heterocycles. The molecule has 3 aromatic rings. The van der Waals surface area contributed by atoms with Crippen molar-refractivity contribution in [3.05, 3.63) is 102 Å². The summed E-state index contributed by atoms with van der Waals surface area (Å²) < 4.78 is 33.4. The SMILES string of the molecule is CCCN(C[C@@H](O)[C@H](Cc1ccccc1)NC[C@H](CC(N)=O)NC(=O)OCc1ccccc1)S(=O)(=O)c1ccccc1. The summed E-state index contributed by atoms with van der Waals surface area (Å²) in [4.78, 5) is 24.4. The summed E-state index contributed by atoms with van der Waals surface area (Å²) in [6.07, 6.45) is -1.06. The minimum Gasteiger partial charge on any atom is -0.445 e. The number of hydrogen-bond acceptors (Lipinski definition) is 7. The topological polar surface area (TPSA) is 151 Å². The molecule has 0 saturated carbocycles.